The molecular formula is C17H25N4O2S2+. The molecule has 0 radical (unpaired) electrons. The van der Waals surface area contributed by atoms with Gasteiger partial charge < -0.3 is 20.1 Å². The van der Waals surface area contributed by atoms with E-state index in [9.17, 15) is 5.11 Å². The molecule has 0 bridgehead atoms. The van der Waals surface area contributed by atoms with Gasteiger partial charge in [-0.2, -0.15) is 0 Å². The van der Waals surface area contributed by atoms with E-state index >= 15 is 0 Å². The van der Waals surface area contributed by atoms with Crippen LogP contribution >= 0.6 is 23.1 Å². The normalized spacial score (nSPS) is 16.8. The summed E-state index contributed by atoms with van der Waals surface area (Å²) >= 11 is 3.09. The molecule has 0 saturated carbocycles. The lowest BCUT2D eigenvalue weighted by molar-refractivity contribution is -0.910. The molecule has 25 heavy (non-hydrogen) atoms. The molecule has 0 amide bonds. The first-order valence-corrected chi connectivity index (χ1v) is 10.3. The third kappa shape index (κ3) is 5.65. The number of aromatic nitrogens is 2. The first-order chi connectivity index (χ1) is 12.1. The fraction of sp³-hybridized carbons (Fsp3) is 0.529. The summed E-state index contributed by atoms with van der Waals surface area (Å²) < 4.78 is 6.22. The molecule has 0 spiro atoms. The maximum atomic E-state index is 10.2. The quantitative estimate of drug-likeness (QED) is 0.628. The van der Waals surface area contributed by atoms with Gasteiger partial charge in [0, 0.05) is 11.4 Å². The van der Waals surface area contributed by atoms with Crippen LogP contribution in [0.25, 0.3) is 0 Å². The molecule has 1 aliphatic rings. The Balaban J connectivity index is 1.48. The molecule has 1 saturated heterocycles. The van der Waals surface area contributed by atoms with Gasteiger partial charge in [-0.3, -0.25) is 0 Å². The van der Waals surface area contributed by atoms with Gasteiger partial charge in [-0.15, -0.1) is 10.2 Å². The molecule has 3 rings (SSSR count). The number of rotatable bonds is 7. The van der Waals surface area contributed by atoms with Crippen LogP contribution in [0.4, 0.5) is 10.8 Å². The van der Waals surface area contributed by atoms with Crippen molar-refractivity contribution in [3.8, 4) is 0 Å². The Kier molecular flexibility index (Phi) is 6.66. The predicted octanol–water partition coefficient (Wildman–Crippen LogP) is 1.27. The maximum Gasteiger partial charge on any atom is 0.210 e. The van der Waals surface area contributed by atoms with Crippen molar-refractivity contribution in [1.29, 1.82) is 0 Å². The number of ether oxygens (including phenoxy) is 1. The highest BCUT2D eigenvalue weighted by atomic mass is 32.2. The maximum absolute atomic E-state index is 10.2. The highest BCUT2D eigenvalue weighted by Crippen LogP contribution is 2.29. The van der Waals surface area contributed by atoms with Gasteiger partial charge in [-0.1, -0.05) is 40.8 Å². The molecular weight excluding hydrogens is 356 g/mol. The zero-order chi connectivity index (χ0) is 17.6. The molecule has 0 unspecified atom stereocenters. The number of nitrogens with one attached hydrogen (secondary N) is 2. The smallest absolute Gasteiger partial charge is 0.210 e. The van der Waals surface area contributed by atoms with Crippen LogP contribution in [0.1, 0.15) is 11.1 Å². The van der Waals surface area contributed by atoms with E-state index in [2.05, 4.69) is 47.6 Å². The Morgan fingerprint density at radius 1 is 1.32 bits per heavy atom. The molecule has 6 nitrogen and oxygen atoms in total. The van der Waals surface area contributed by atoms with Gasteiger partial charge in [-0.25, -0.2) is 0 Å². The Hall–Kier alpha value is -1.19. The minimum Gasteiger partial charge on any atom is -0.386 e. The van der Waals surface area contributed by atoms with E-state index in [1.54, 1.807) is 11.8 Å². The van der Waals surface area contributed by atoms with Gasteiger partial charge >= 0.3 is 0 Å². The molecule has 0 aliphatic carbocycles. The van der Waals surface area contributed by atoms with Crippen molar-refractivity contribution >= 4 is 33.9 Å². The number of aryl methyl sites for hydroxylation is 2. The summed E-state index contributed by atoms with van der Waals surface area (Å²) in [6.45, 7) is 8.46. The number of hydrogen-bond acceptors (Lipinski definition) is 7. The van der Waals surface area contributed by atoms with Crippen LogP contribution in [0, 0.1) is 13.8 Å². The van der Waals surface area contributed by atoms with Gasteiger partial charge in [0.15, 0.2) is 4.34 Å². The molecule has 136 valence electrons. The van der Waals surface area contributed by atoms with Crippen molar-refractivity contribution < 1.29 is 14.7 Å². The molecule has 3 N–H and O–H groups in total. The number of aliphatic hydroxyl groups is 1. The summed E-state index contributed by atoms with van der Waals surface area (Å²) in [6, 6.07) is 6.29. The summed E-state index contributed by atoms with van der Waals surface area (Å²) in [5.74, 6) is 0.641. The Labute approximate surface area is 156 Å². The lowest BCUT2D eigenvalue weighted by atomic mass is 10.1. The minimum absolute atomic E-state index is 0.335. The van der Waals surface area contributed by atoms with Crippen LogP contribution in [0.3, 0.4) is 0 Å². The SMILES string of the molecule is Cc1ccc(Nc2nnc(SC[C@H](O)C[NH+]3CCOCC3)s2)c(C)c1. The molecule has 2 heterocycles. The molecule has 1 aliphatic heterocycles. The first-order valence-electron chi connectivity index (χ1n) is 8.50. The molecule has 1 aromatic carbocycles. The summed E-state index contributed by atoms with van der Waals surface area (Å²) in [5, 5.41) is 22.7. The Morgan fingerprint density at radius 2 is 2.12 bits per heavy atom. The van der Waals surface area contributed by atoms with Crippen LogP contribution in [0.5, 0.6) is 0 Å². The van der Waals surface area contributed by atoms with E-state index in [1.807, 2.05) is 0 Å². The van der Waals surface area contributed by atoms with E-state index in [0.29, 0.717) is 5.75 Å². The van der Waals surface area contributed by atoms with Crippen molar-refractivity contribution in [2.75, 3.05) is 43.9 Å². The van der Waals surface area contributed by atoms with Gasteiger partial charge in [0.1, 0.15) is 25.7 Å². The number of morpholine rings is 1. The number of quaternary nitrogens is 1. The number of aliphatic hydroxyl groups excluding tert-OH is 1. The van der Waals surface area contributed by atoms with Gasteiger partial charge in [-0.05, 0) is 25.5 Å². The second-order valence-corrected chi connectivity index (χ2v) is 8.59. The molecule has 8 heteroatoms. The number of thioether (sulfide) groups is 1. The van der Waals surface area contributed by atoms with Crippen LogP contribution in [-0.4, -0.2) is 60.0 Å². The third-order valence-corrected chi connectivity index (χ3v) is 6.27. The average Bonchev–Trinajstić information content (AvgIpc) is 3.04. The number of nitrogens with zero attached hydrogens (tertiary/aromatic N) is 2. The van der Waals surface area contributed by atoms with Gasteiger partial charge in [0.05, 0.1) is 13.2 Å². The number of hydrogen-bond donors (Lipinski definition) is 3. The van der Waals surface area contributed by atoms with Crippen LogP contribution in [0.2, 0.25) is 0 Å². The second kappa shape index (κ2) is 8.95. The Bertz CT molecular complexity index is 689. The third-order valence-electron chi connectivity index (χ3n) is 4.15. The van der Waals surface area contributed by atoms with Crippen LogP contribution in [0.15, 0.2) is 22.5 Å². The van der Waals surface area contributed by atoms with E-state index in [4.69, 9.17) is 4.74 Å². The van der Waals surface area contributed by atoms with Crippen molar-refractivity contribution in [2.24, 2.45) is 0 Å². The highest BCUT2D eigenvalue weighted by molar-refractivity contribution is 8.01. The summed E-state index contributed by atoms with van der Waals surface area (Å²) in [6.07, 6.45) is -0.335. The standard InChI is InChI=1S/C17H24N4O2S2/c1-12-3-4-15(13(2)9-12)18-16-19-20-17(25-16)24-11-14(22)10-21-5-7-23-8-6-21/h3-4,9,14,22H,5-8,10-11H2,1-2H3,(H,18,19)/p+1/t14-/m1/s1. The predicted molar refractivity (Wildman–Crippen MR) is 102 cm³/mol. The lowest BCUT2D eigenvalue weighted by Crippen LogP contribution is -3.15. The zero-order valence-electron chi connectivity index (χ0n) is 14.6. The molecule has 1 atom stereocenters. The van der Waals surface area contributed by atoms with Gasteiger partial charge in [0.2, 0.25) is 5.13 Å². The van der Waals surface area contributed by atoms with Crippen molar-refractivity contribution in [1.82, 2.24) is 10.2 Å². The summed E-state index contributed by atoms with van der Waals surface area (Å²) in [7, 11) is 0. The summed E-state index contributed by atoms with van der Waals surface area (Å²) in [4.78, 5) is 1.41. The monoisotopic (exact) mass is 381 g/mol. The van der Waals surface area contributed by atoms with Gasteiger partial charge in [0.25, 0.3) is 0 Å². The first kappa shape index (κ1) is 18.6. The van der Waals surface area contributed by atoms with E-state index in [0.717, 1.165) is 48.0 Å². The molecule has 1 aromatic heterocycles. The van der Waals surface area contributed by atoms with Crippen molar-refractivity contribution in [3.05, 3.63) is 29.3 Å². The zero-order valence-corrected chi connectivity index (χ0v) is 16.3. The minimum atomic E-state index is -0.335. The average molecular weight is 382 g/mol. The molecule has 2 aromatic rings. The number of benzene rings is 1. The summed E-state index contributed by atoms with van der Waals surface area (Å²) in [5.41, 5.74) is 3.48. The largest absolute Gasteiger partial charge is 0.386 e. The Morgan fingerprint density at radius 3 is 2.88 bits per heavy atom. The second-order valence-electron chi connectivity index (χ2n) is 6.35. The van der Waals surface area contributed by atoms with Crippen molar-refractivity contribution in [2.45, 2.75) is 24.3 Å². The number of anilines is 2. The topological polar surface area (TPSA) is 71.7 Å². The van der Waals surface area contributed by atoms with Crippen LogP contribution < -0.4 is 10.2 Å². The van der Waals surface area contributed by atoms with E-state index in [1.165, 1.54) is 27.4 Å². The van der Waals surface area contributed by atoms with Crippen molar-refractivity contribution in [3.63, 3.8) is 0 Å². The van der Waals surface area contributed by atoms with E-state index in [-0.39, 0.29) is 6.10 Å². The fourth-order valence-corrected chi connectivity index (χ4v) is 4.53. The lowest BCUT2D eigenvalue weighted by Gasteiger charge is -2.25. The fourth-order valence-electron chi connectivity index (χ4n) is 2.81. The molecule has 1 fully saturated rings. The highest BCUT2D eigenvalue weighted by Gasteiger charge is 2.19. The van der Waals surface area contributed by atoms with E-state index < -0.39 is 0 Å². The van der Waals surface area contributed by atoms with Crippen LogP contribution in [-0.2, 0) is 4.74 Å².